The number of nitrogens with zero attached hydrogens (tertiary/aromatic N) is 1. The number of hydrogen-bond donors (Lipinski definition) is 1. The van der Waals surface area contributed by atoms with Gasteiger partial charge in [-0.1, -0.05) is 42.5 Å². The lowest BCUT2D eigenvalue weighted by Gasteiger charge is -2.06. The lowest BCUT2D eigenvalue weighted by atomic mass is 9.96. The van der Waals surface area contributed by atoms with Crippen LogP contribution in [0.5, 0.6) is 0 Å². The molecule has 0 spiro atoms. The van der Waals surface area contributed by atoms with Crippen LogP contribution in [0.2, 0.25) is 0 Å². The Balaban J connectivity index is 2.43. The minimum atomic E-state index is -1.07. The Bertz CT molecular complexity index is 612. The highest BCUT2D eigenvalue weighted by molar-refractivity contribution is 5.91. The van der Waals surface area contributed by atoms with Gasteiger partial charge in [0.15, 0.2) is 0 Å². The molecule has 0 saturated heterocycles. The van der Waals surface area contributed by atoms with Gasteiger partial charge < -0.3 is 5.11 Å². The van der Waals surface area contributed by atoms with Crippen molar-refractivity contribution < 1.29 is 9.90 Å². The van der Waals surface area contributed by atoms with E-state index in [1.165, 1.54) is 6.07 Å². The molecule has 2 aromatic rings. The Labute approximate surface area is 105 Å². The number of carbonyl (C=O) groups is 1. The Morgan fingerprint density at radius 1 is 1.11 bits per heavy atom. The number of nitriles is 1. The number of hydrogen-bond acceptors (Lipinski definition) is 2. The van der Waals surface area contributed by atoms with E-state index < -0.39 is 5.97 Å². The molecule has 0 atom stereocenters. The fraction of sp³-hybridized carbons (Fsp3) is 0.0667. The van der Waals surface area contributed by atoms with Crippen LogP contribution >= 0.6 is 0 Å². The summed E-state index contributed by atoms with van der Waals surface area (Å²) in [5.41, 5.74) is 2.10. The summed E-state index contributed by atoms with van der Waals surface area (Å²) in [5.74, 6) is -1.07. The molecule has 18 heavy (non-hydrogen) atoms. The number of carboxylic acid groups (broad SMARTS) is 1. The van der Waals surface area contributed by atoms with Crippen molar-refractivity contribution in [3.8, 4) is 6.07 Å². The summed E-state index contributed by atoms with van der Waals surface area (Å²) in [4.78, 5) is 11.0. The average Bonchev–Trinajstić information content (AvgIpc) is 2.39. The van der Waals surface area contributed by atoms with Crippen molar-refractivity contribution in [2.24, 2.45) is 0 Å². The third kappa shape index (κ3) is 2.38. The summed E-state index contributed by atoms with van der Waals surface area (Å²) in [6.07, 6.45) is 0.560. The van der Waals surface area contributed by atoms with E-state index in [-0.39, 0.29) is 11.1 Å². The molecule has 0 heterocycles. The minimum absolute atomic E-state index is 0.0610. The molecule has 0 unspecified atom stereocenters. The van der Waals surface area contributed by atoms with Crippen LogP contribution in [0.1, 0.15) is 27.0 Å². The molecule has 3 nitrogen and oxygen atoms in total. The van der Waals surface area contributed by atoms with E-state index in [0.717, 1.165) is 11.1 Å². The van der Waals surface area contributed by atoms with Gasteiger partial charge in [-0.2, -0.15) is 5.26 Å². The second-order valence-electron chi connectivity index (χ2n) is 3.92. The fourth-order valence-corrected chi connectivity index (χ4v) is 1.87. The number of carboxylic acids is 1. The molecule has 88 valence electrons. The van der Waals surface area contributed by atoms with E-state index in [1.807, 2.05) is 36.4 Å². The molecule has 0 amide bonds. The maximum absolute atomic E-state index is 11.0. The van der Waals surface area contributed by atoms with Crippen LogP contribution in [0.25, 0.3) is 0 Å². The van der Waals surface area contributed by atoms with Crippen LogP contribution in [0.3, 0.4) is 0 Å². The molecule has 0 bridgehead atoms. The van der Waals surface area contributed by atoms with Crippen molar-refractivity contribution in [3.05, 3.63) is 70.8 Å². The lowest BCUT2D eigenvalue weighted by molar-refractivity contribution is 0.0696. The van der Waals surface area contributed by atoms with Gasteiger partial charge in [-0.15, -0.1) is 0 Å². The topological polar surface area (TPSA) is 61.1 Å². The lowest BCUT2D eigenvalue weighted by Crippen LogP contribution is -2.03. The smallest absolute Gasteiger partial charge is 0.337 e. The highest BCUT2D eigenvalue weighted by atomic mass is 16.4. The highest BCUT2D eigenvalue weighted by Crippen LogP contribution is 2.17. The van der Waals surface area contributed by atoms with Crippen molar-refractivity contribution in [2.75, 3.05) is 0 Å². The van der Waals surface area contributed by atoms with E-state index in [4.69, 9.17) is 10.4 Å². The second-order valence-corrected chi connectivity index (χ2v) is 3.92. The summed E-state index contributed by atoms with van der Waals surface area (Å²) in [6, 6.07) is 16.6. The third-order valence-corrected chi connectivity index (χ3v) is 2.73. The van der Waals surface area contributed by atoms with Crippen LogP contribution in [-0.4, -0.2) is 11.1 Å². The van der Waals surface area contributed by atoms with Gasteiger partial charge in [0.25, 0.3) is 0 Å². The third-order valence-electron chi connectivity index (χ3n) is 2.73. The first kappa shape index (κ1) is 11.9. The summed E-state index contributed by atoms with van der Waals surface area (Å²) in [5, 5.41) is 18.1. The van der Waals surface area contributed by atoms with E-state index in [1.54, 1.807) is 12.1 Å². The monoisotopic (exact) mass is 237 g/mol. The number of rotatable bonds is 3. The average molecular weight is 237 g/mol. The standard InChI is InChI=1S/C15H11NO2/c16-10-14-12(7-4-8-13(14)15(17)18)9-11-5-2-1-3-6-11/h1-8H,9H2,(H,17,18). The predicted molar refractivity (Wildman–Crippen MR) is 67.4 cm³/mol. The van der Waals surface area contributed by atoms with Crippen molar-refractivity contribution in [1.29, 1.82) is 5.26 Å². The van der Waals surface area contributed by atoms with Crippen LogP contribution in [0.15, 0.2) is 48.5 Å². The Morgan fingerprint density at radius 3 is 2.44 bits per heavy atom. The second kappa shape index (κ2) is 5.15. The van der Waals surface area contributed by atoms with Crippen molar-refractivity contribution in [2.45, 2.75) is 6.42 Å². The van der Waals surface area contributed by atoms with Gasteiger partial charge in [0.2, 0.25) is 0 Å². The number of aromatic carboxylic acids is 1. The summed E-state index contributed by atoms with van der Waals surface area (Å²) in [6.45, 7) is 0. The first-order valence-corrected chi connectivity index (χ1v) is 5.51. The van der Waals surface area contributed by atoms with Gasteiger partial charge in [-0.3, -0.25) is 0 Å². The zero-order chi connectivity index (χ0) is 13.0. The Kier molecular flexibility index (Phi) is 3.40. The highest BCUT2D eigenvalue weighted by Gasteiger charge is 2.13. The molecule has 0 aliphatic carbocycles. The molecule has 0 radical (unpaired) electrons. The fourth-order valence-electron chi connectivity index (χ4n) is 1.87. The molecule has 0 aliphatic rings. The molecule has 0 aromatic heterocycles. The molecule has 0 fully saturated rings. The minimum Gasteiger partial charge on any atom is -0.478 e. The van der Waals surface area contributed by atoms with E-state index in [0.29, 0.717) is 6.42 Å². The Hall–Kier alpha value is -2.60. The molecule has 2 rings (SSSR count). The van der Waals surface area contributed by atoms with Crippen molar-refractivity contribution in [3.63, 3.8) is 0 Å². The first-order valence-electron chi connectivity index (χ1n) is 5.51. The van der Waals surface area contributed by atoms with Crippen LogP contribution in [0.4, 0.5) is 0 Å². The molecular weight excluding hydrogens is 226 g/mol. The summed E-state index contributed by atoms with van der Waals surface area (Å²) in [7, 11) is 0. The van der Waals surface area contributed by atoms with Crippen molar-refractivity contribution in [1.82, 2.24) is 0 Å². The SMILES string of the molecule is N#Cc1c(Cc2ccccc2)cccc1C(=O)O. The molecule has 3 heteroatoms. The number of benzene rings is 2. The van der Waals surface area contributed by atoms with Crippen LogP contribution in [0, 0.1) is 11.3 Å². The van der Waals surface area contributed by atoms with Gasteiger partial charge in [0, 0.05) is 0 Å². The molecule has 0 aliphatic heterocycles. The van der Waals surface area contributed by atoms with E-state index >= 15 is 0 Å². The van der Waals surface area contributed by atoms with Gasteiger partial charge >= 0.3 is 5.97 Å². The van der Waals surface area contributed by atoms with E-state index in [2.05, 4.69) is 0 Å². The zero-order valence-electron chi connectivity index (χ0n) is 9.63. The van der Waals surface area contributed by atoms with Gasteiger partial charge in [0.05, 0.1) is 11.1 Å². The molecule has 0 saturated carbocycles. The van der Waals surface area contributed by atoms with Crippen molar-refractivity contribution >= 4 is 5.97 Å². The maximum Gasteiger partial charge on any atom is 0.337 e. The normalized spacial score (nSPS) is 9.72. The van der Waals surface area contributed by atoms with E-state index in [9.17, 15) is 4.79 Å². The van der Waals surface area contributed by atoms with Gasteiger partial charge in [-0.05, 0) is 23.6 Å². The van der Waals surface area contributed by atoms with Crippen LogP contribution < -0.4 is 0 Å². The van der Waals surface area contributed by atoms with Gasteiger partial charge in [-0.25, -0.2) is 4.79 Å². The molecule has 2 aromatic carbocycles. The maximum atomic E-state index is 11.0. The molecular formula is C15H11NO2. The Morgan fingerprint density at radius 2 is 1.83 bits per heavy atom. The van der Waals surface area contributed by atoms with Crippen LogP contribution in [-0.2, 0) is 6.42 Å². The largest absolute Gasteiger partial charge is 0.478 e. The summed E-state index contributed by atoms with van der Waals surface area (Å²) >= 11 is 0. The molecule has 1 N–H and O–H groups in total. The van der Waals surface area contributed by atoms with Gasteiger partial charge in [0.1, 0.15) is 6.07 Å². The summed E-state index contributed by atoms with van der Waals surface area (Å²) < 4.78 is 0. The quantitative estimate of drug-likeness (QED) is 0.892. The zero-order valence-corrected chi connectivity index (χ0v) is 9.63. The predicted octanol–water partition coefficient (Wildman–Crippen LogP) is 2.85. The first-order chi connectivity index (χ1) is 8.72.